The van der Waals surface area contributed by atoms with Crippen molar-refractivity contribution in [2.24, 2.45) is 0 Å². The first-order valence-electron chi connectivity index (χ1n) is 7.90. The van der Waals surface area contributed by atoms with E-state index in [9.17, 15) is 14.4 Å². The monoisotopic (exact) mass is 353 g/mol. The average molecular weight is 353 g/mol. The van der Waals surface area contributed by atoms with Gasteiger partial charge in [0.2, 0.25) is 0 Å². The van der Waals surface area contributed by atoms with E-state index >= 15 is 0 Å². The van der Waals surface area contributed by atoms with Gasteiger partial charge in [-0.1, -0.05) is 19.9 Å². The van der Waals surface area contributed by atoms with Gasteiger partial charge in [-0.25, -0.2) is 0 Å². The summed E-state index contributed by atoms with van der Waals surface area (Å²) in [6.07, 6.45) is 0. The summed E-state index contributed by atoms with van der Waals surface area (Å²) in [5.74, 6) is -0.708. The minimum Gasteiger partial charge on any atom is -0.289 e. The maximum atomic E-state index is 13.0. The highest BCUT2D eigenvalue weighted by Gasteiger charge is 2.38. The Bertz CT molecular complexity index is 1130. The maximum absolute atomic E-state index is 13.0. The molecular weight excluding hydrogens is 338 g/mol. The third kappa shape index (κ3) is 2.14. The lowest BCUT2D eigenvalue weighted by molar-refractivity contribution is -0.0645. The Hall–Kier alpha value is -2.57. The van der Waals surface area contributed by atoms with Gasteiger partial charge in [0, 0.05) is 15.5 Å². The SMILES string of the molecule is CON1C(=O)c2ccc3c(=O)c4cc(C(C)C)ccc4sc3c2C1=O. The van der Waals surface area contributed by atoms with Crippen LogP contribution < -0.4 is 5.43 Å². The third-order valence-corrected chi connectivity index (χ3v) is 5.73. The molecule has 0 fully saturated rings. The van der Waals surface area contributed by atoms with Crippen molar-refractivity contribution in [1.29, 1.82) is 0 Å². The number of nitrogens with zero attached hydrogens (tertiary/aromatic N) is 1. The summed E-state index contributed by atoms with van der Waals surface area (Å²) >= 11 is 1.35. The molecular formula is C19H15NO4S. The molecule has 0 spiro atoms. The van der Waals surface area contributed by atoms with Crippen molar-refractivity contribution < 1.29 is 14.4 Å². The first kappa shape index (κ1) is 15.9. The van der Waals surface area contributed by atoms with Crippen LogP contribution >= 0.6 is 11.3 Å². The summed E-state index contributed by atoms with van der Waals surface area (Å²) in [7, 11) is 1.27. The zero-order valence-corrected chi connectivity index (χ0v) is 14.8. The summed E-state index contributed by atoms with van der Waals surface area (Å²) in [5.41, 5.74) is 1.49. The van der Waals surface area contributed by atoms with Crippen molar-refractivity contribution >= 4 is 43.3 Å². The van der Waals surface area contributed by atoms with Crippen molar-refractivity contribution in [3.8, 4) is 0 Å². The van der Waals surface area contributed by atoms with E-state index in [2.05, 4.69) is 13.8 Å². The summed E-state index contributed by atoms with van der Waals surface area (Å²) in [6, 6.07) is 8.97. The highest BCUT2D eigenvalue weighted by molar-refractivity contribution is 7.25. The van der Waals surface area contributed by atoms with Gasteiger partial charge < -0.3 is 0 Å². The molecule has 0 atom stereocenters. The molecule has 2 aromatic carbocycles. The Kier molecular flexibility index (Phi) is 3.49. The third-order valence-electron chi connectivity index (χ3n) is 4.53. The van der Waals surface area contributed by atoms with Gasteiger partial charge in [-0.15, -0.1) is 16.4 Å². The molecule has 0 aliphatic carbocycles. The summed E-state index contributed by atoms with van der Waals surface area (Å²) < 4.78 is 1.33. The Labute approximate surface area is 147 Å². The second-order valence-electron chi connectivity index (χ2n) is 6.29. The number of hydrogen-bond acceptors (Lipinski definition) is 5. The minimum absolute atomic E-state index is 0.120. The van der Waals surface area contributed by atoms with Crippen molar-refractivity contribution in [2.75, 3.05) is 7.11 Å². The smallest absolute Gasteiger partial charge is 0.287 e. The fraction of sp³-hybridized carbons (Fsp3) is 0.211. The molecule has 1 aliphatic heterocycles. The van der Waals surface area contributed by atoms with E-state index < -0.39 is 11.8 Å². The molecule has 1 aliphatic rings. The van der Waals surface area contributed by atoms with Crippen molar-refractivity contribution in [2.45, 2.75) is 19.8 Å². The van der Waals surface area contributed by atoms with Gasteiger partial charge in [0.15, 0.2) is 5.43 Å². The van der Waals surface area contributed by atoms with E-state index in [1.807, 2.05) is 18.2 Å². The summed E-state index contributed by atoms with van der Waals surface area (Å²) in [5, 5.41) is 1.83. The Morgan fingerprint density at radius 3 is 2.44 bits per heavy atom. The first-order valence-corrected chi connectivity index (χ1v) is 8.72. The quantitative estimate of drug-likeness (QED) is 0.521. The number of amides is 2. The van der Waals surface area contributed by atoms with E-state index in [0.29, 0.717) is 21.4 Å². The van der Waals surface area contributed by atoms with Gasteiger partial charge in [0.05, 0.1) is 22.9 Å². The molecule has 0 saturated carbocycles. The molecule has 2 heterocycles. The number of imide groups is 1. The van der Waals surface area contributed by atoms with Crippen molar-refractivity contribution in [3.05, 3.63) is 57.2 Å². The zero-order valence-electron chi connectivity index (χ0n) is 14.0. The molecule has 0 N–H and O–H groups in total. The van der Waals surface area contributed by atoms with Gasteiger partial charge in [0.1, 0.15) is 0 Å². The molecule has 4 rings (SSSR count). The molecule has 3 aromatic rings. The molecule has 25 heavy (non-hydrogen) atoms. The molecule has 0 saturated heterocycles. The topological polar surface area (TPSA) is 63.7 Å². The van der Waals surface area contributed by atoms with Crippen LogP contribution in [0.3, 0.4) is 0 Å². The highest BCUT2D eigenvalue weighted by atomic mass is 32.1. The standard InChI is InChI=1S/C19H15NO4S/c1-9(2)10-4-7-14-13(8-10)16(21)12-6-5-11-15(17(12)25-14)19(23)20(24-3)18(11)22/h4-9H,1-3H3. The number of carbonyl (C=O) groups is 2. The zero-order chi connectivity index (χ0) is 17.9. The normalized spacial score (nSPS) is 14.2. The molecule has 0 radical (unpaired) electrons. The number of benzene rings is 2. The summed E-state index contributed by atoms with van der Waals surface area (Å²) in [6.45, 7) is 4.15. The predicted molar refractivity (Wildman–Crippen MR) is 97.2 cm³/mol. The van der Waals surface area contributed by atoms with Gasteiger partial charge in [0.25, 0.3) is 11.8 Å². The van der Waals surface area contributed by atoms with Gasteiger partial charge in [-0.05, 0) is 35.7 Å². The van der Waals surface area contributed by atoms with Crippen molar-refractivity contribution in [1.82, 2.24) is 5.06 Å². The molecule has 126 valence electrons. The Morgan fingerprint density at radius 1 is 1.00 bits per heavy atom. The molecule has 2 amide bonds. The summed E-state index contributed by atoms with van der Waals surface area (Å²) in [4.78, 5) is 42.6. The molecule has 6 heteroatoms. The van der Waals surface area contributed by atoms with Crippen LogP contribution in [0.4, 0.5) is 0 Å². The van der Waals surface area contributed by atoms with Gasteiger partial charge >= 0.3 is 0 Å². The number of rotatable bonds is 2. The number of hydrogen-bond donors (Lipinski definition) is 0. The molecule has 1 aromatic heterocycles. The van der Waals surface area contributed by atoms with Crippen LogP contribution in [0, 0.1) is 0 Å². The highest BCUT2D eigenvalue weighted by Crippen LogP contribution is 2.34. The average Bonchev–Trinajstić information content (AvgIpc) is 2.85. The van der Waals surface area contributed by atoms with Crippen LogP contribution in [0.2, 0.25) is 0 Å². The van der Waals surface area contributed by atoms with Crippen LogP contribution in [0.1, 0.15) is 46.0 Å². The van der Waals surface area contributed by atoms with E-state index in [1.54, 1.807) is 6.07 Å². The molecule has 0 unspecified atom stereocenters. The predicted octanol–water partition coefficient (Wildman–Crippen LogP) is 3.70. The van der Waals surface area contributed by atoms with Crippen LogP contribution in [-0.4, -0.2) is 24.0 Å². The number of carbonyl (C=O) groups excluding carboxylic acids is 2. The molecule has 0 bridgehead atoms. The van der Waals surface area contributed by atoms with Gasteiger partial charge in [-0.2, -0.15) is 0 Å². The van der Waals surface area contributed by atoms with Crippen LogP contribution in [0.15, 0.2) is 35.1 Å². The fourth-order valence-corrected chi connectivity index (χ4v) is 4.34. The first-order chi connectivity index (χ1) is 11.9. The van der Waals surface area contributed by atoms with Crippen LogP contribution in [0.5, 0.6) is 0 Å². The Morgan fingerprint density at radius 2 is 1.76 bits per heavy atom. The van der Waals surface area contributed by atoms with E-state index in [4.69, 9.17) is 4.84 Å². The minimum atomic E-state index is -0.526. The maximum Gasteiger partial charge on any atom is 0.287 e. The lowest BCUT2D eigenvalue weighted by atomic mass is 10.0. The number of fused-ring (bicyclic) bond motifs is 4. The second-order valence-corrected chi connectivity index (χ2v) is 7.35. The van der Waals surface area contributed by atoms with Crippen LogP contribution in [-0.2, 0) is 4.84 Å². The number of hydroxylamine groups is 2. The van der Waals surface area contributed by atoms with Crippen LogP contribution in [0.25, 0.3) is 20.2 Å². The Balaban J connectivity index is 2.10. The largest absolute Gasteiger partial charge is 0.289 e. The van der Waals surface area contributed by atoms with E-state index in [0.717, 1.165) is 15.3 Å². The lowest BCUT2D eigenvalue weighted by Crippen LogP contribution is -2.28. The molecule has 5 nitrogen and oxygen atoms in total. The lowest BCUT2D eigenvalue weighted by Gasteiger charge is -2.09. The van der Waals surface area contributed by atoms with E-state index in [1.165, 1.54) is 24.5 Å². The van der Waals surface area contributed by atoms with Crippen molar-refractivity contribution in [3.63, 3.8) is 0 Å². The van der Waals surface area contributed by atoms with E-state index in [-0.39, 0.29) is 16.6 Å². The second kappa shape index (κ2) is 5.47. The van der Waals surface area contributed by atoms with Gasteiger partial charge in [-0.3, -0.25) is 19.2 Å². The fourth-order valence-electron chi connectivity index (χ4n) is 3.16.